The highest BCUT2D eigenvalue weighted by molar-refractivity contribution is 7.89. The van der Waals surface area contributed by atoms with Crippen LogP contribution in [0.3, 0.4) is 0 Å². The highest BCUT2D eigenvalue weighted by Crippen LogP contribution is 2.23. The van der Waals surface area contributed by atoms with E-state index in [2.05, 4.69) is 0 Å². The molecule has 206 valence electrons. The van der Waals surface area contributed by atoms with E-state index in [9.17, 15) is 36.7 Å². The monoisotopic (exact) mass is 581 g/mol. The molecule has 0 saturated carbocycles. The van der Waals surface area contributed by atoms with Gasteiger partial charge < -0.3 is 14.4 Å². The van der Waals surface area contributed by atoms with Crippen LogP contribution in [0.25, 0.3) is 11.0 Å². The zero-order valence-corrected chi connectivity index (χ0v) is 22.4. The number of ether oxygens (including phenoxy) is 1. The van der Waals surface area contributed by atoms with E-state index in [1.165, 1.54) is 41.1 Å². The lowest BCUT2D eigenvalue weighted by Gasteiger charge is -2.15. The molecular formula is C25H22ClF2N3O7S. The van der Waals surface area contributed by atoms with Gasteiger partial charge in [0.25, 0.3) is 11.5 Å². The van der Waals surface area contributed by atoms with Gasteiger partial charge in [-0.1, -0.05) is 17.7 Å². The standard InChI is InChI=1S/C25H22ClF2N3O7S/c1-25(2,35)23(33)30-19-10-14(4-7-18(19)31(24(30)34)39(3,36)37)12-29-9-8-20(21(26)22(29)32)38-13-15-5-6-16(27)11-17(15)28/h4-11,35H,12-13H2,1-3H3. The third kappa shape index (κ3) is 5.51. The third-order valence-electron chi connectivity index (χ3n) is 5.74. The van der Waals surface area contributed by atoms with Crippen LogP contribution in [-0.2, 0) is 23.2 Å². The first-order valence-electron chi connectivity index (χ1n) is 11.3. The van der Waals surface area contributed by atoms with Crippen molar-refractivity contribution in [1.29, 1.82) is 0 Å². The number of nitrogens with zero attached hydrogens (tertiary/aromatic N) is 3. The molecule has 0 spiro atoms. The summed E-state index contributed by atoms with van der Waals surface area (Å²) in [7, 11) is -4.12. The molecule has 0 bridgehead atoms. The minimum Gasteiger partial charge on any atom is -0.487 e. The number of hydrogen-bond acceptors (Lipinski definition) is 7. The normalized spacial score (nSPS) is 12.2. The van der Waals surface area contributed by atoms with Gasteiger partial charge in [0.1, 0.15) is 34.6 Å². The van der Waals surface area contributed by atoms with Crippen LogP contribution in [0.4, 0.5) is 8.78 Å². The van der Waals surface area contributed by atoms with Gasteiger partial charge in [-0.15, -0.1) is 0 Å². The molecule has 1 N–H and O–H groups in total. The molecule has 2 aromatic heterocycles. The number of aromatic nitrogens is 3. The maximum atomic E-state index is 13.9. The number of carbonyl (C=O) groups is 1. The quantitative estimate of drug-likeness (QED) is 0.355. The van der Waals surface area contributed by atoms with Gasteiger partial charge in [0, 0.05) is 17.8 Å². The number of aliphatic hydroxyl groups is 1. The molecular weight excluding hydrogens is 560 g/mol. The van der Waals surface area contributed by atoms with Crippen molar-refractivity contribution in [3.05, 3.63) is 97.3 Å². The molecule has 4 aromatic rings. The van der Waals surface area contributed by atoms with Gasteiger partial charge in [-0.25, -0.2) is 26.6 Å². The first-order valence-corrected chi connectivity index (χ1v) is 13.5. The largest absolute Gasteiger partial charge is 0.487 e. The second-order valence-electron chi connectivity index (χ2n) is 9.28. The lowest BCUT2D eigenvalue weighted by atomic mass is 10.1. The first-order chi connectivity index (χ1) is 18.1. The summed E-state index contributed by atoms with van der Waals surface area (Å²) >= 11 is 6.18. The van der Waals surface area contributed by atoms with Crippen molar-refractivity contribution in [2.24, 2.45) is 0 Å². The van der Waals surface area contributed by atoms with Crippen molar-refractivity contribution >= 4 is 38.6 Å². The zero-order chi connectivity index (χ0) is 28.9. The SMILES string of the molecule is CC(C)(O)C(=O)n1c(=O)n(S(C)(=O)=O)c2ccc(Cn3ccc(OCc4ccc(F)cc4F)c(Cl)c3=O)cc21. The Bertz CT molecular complexity index is 1850. The molecule has 0 aliphatic heterocycles. The van der Waals surface area contributed by atoms with Gasteiger partial charge in [0.15, 0.2) is 0 Å². The van der Waals surface area contributed by atoms with E-state index in [1.54, 1.807) is 0 Å². The van der Waals surface area contributed by atoms with E-state index in [4.69, 9.17) is 16.3 Å². The second-order valence-corrected chi connectivity index (χ2v) is 11.5. The van der Waals surface area contributed by atoms with Gasteiger partial charge in [-0.3, -0.25) is 9.59 Å². The predicted molar refractivity (Wildman–Crippen MR) is 139 cm³/mol. The van der Waals surface area contributed by atoms with Crippen LogP contribution in [0.15, 0.2) is 58.3 Å². The Labute approximate surface area is 225 Å². The molecule has 0 aliphatic carbocycles. The average Bonchev–Trinajstić information content (AvgIpc) is 3.12. The maximum Gasteiger partial charge on any atom is 0.349 e. The van der Waals surface area contributed by atoms with E-state index in [1.807, 2.05) is 0 Å². The Hall–Kier alpha value is -3.81. The summed E-state index contributed by atoms with van der Waals surface area (Å²) in [6.07, 6.45) is 2.15. The average molecular weight is 582 g/mol. The summed E-state index contributed by atoms with van der Waals surface area (Å²) in [4.78, 5) is 38.6. The number of hydrogen-bond donors (Lipinski definition) is 1. The predicted octanol–water partition coefficient (Wildman–Crippen LogP) is 2.74. The molecule has 0 saturated heterocycles. The highest BCUT2D eigenvalue weighted by atomic mass is 35.5. The topological polar surface area (TPSA) is 130 Å². The number of halogens is 3. The van der Waals surface area contributed by atoms with Crippen molar-refractivity contribution in [2.45, 2.75) is 32.6 Å². The third-order valence-corrected chi connectivity index (χ3v) is 7.11. The van der Waals surface area contributed by atoms with Crippen LogP contribution < -0.4 is 16.0 Å². The minimum atomic E-state index is -4.12. The summed E-state index contributed by atoms with van der Waals surface area (Å²) in [5.74, 6) is -2.64. The second kappa shape index (κ2) is 10.1. The van der Waals surface area contributed by atoms with Crippen LogP contribution in [-0.4, -0.2) is 44.4 Å². The molecule has 4 rings (SSSR count). The molecule has 0 amide bonds. The molecule has 0 radical (unpaired) electrons. The van der Waals surface area contributed by atoms with Crippen molar-refractivity contribution in [2.75, 3.05) is 6.26 Å². The number of carbonyl (C=O) groups excluding carboxylic acids is 1. The Morgan fingerprint density at radius 1 is 1.08 bits per heavy atom. The fraction of sp³-hybridized carbons (Fsp3) is 0.240. The van der Waals surface area contributed by atoms with Crippen molar-refractivity contribution in [1.82, 2.24) is 13.1 Å². The van der Waals surface area contributed by atoms with E-state index in [-0.39, 0.29) is 40.5 Å². The van der Waals surface area contributed by atoms with Crippen LogP contribution in [0.5, 0.6) is 5.75 Å². The van der Waals surface area contributed by atoms with Crippen LogP contribution in [0, 0.1) is 11.6 Å². The smallest absolute Gasteiger partial charge is 0.349 e. The lowest BCUT2D eigenvalue weighted by molar-refractivity contribution is 0.0393. The Kier molecular flexibility index (Phi) is 7.27. The van der Waals surface area contributed by atoms with Crippen molar-refractivity contribution in [3.8, 4) is 5.75 Å². The number of imidazole rings is 1. The van der Waals surface area contributed by atoms with Crippen LogP contribution in [0.2, 0.25) is 5.02 Å². The molecule has 2 heterocycles. The number of benzene rings is 2. The van der Waals surface area contributed by atoms with E-state index in [0.717, 1.165) is 26.2 Å². The molecule has 14 heteroatoms. The van der Waals surface area contributed by atoms with E-state index in [0.29, 0.717) is 20.2 Å². The highest BCUT2D eigenvalue weighted by Gasteiger charge is 2.32. The zero-order valence-electron chi connectivity index (χ0n) is 20.8. The fourth-order valence-electron chi connectivity index (χ4n) is 3.86. The van der Waals surface area contributed by atoms with Crippen molar-refractivity contribution in [3.63, 3.8) is 0 Å². The van der Waals surface area contributed by atoms with E-state index >= 15 is 0 Å². The summed E-state index contributed by atoms with van der Waals surface area (Å²) in [6, 6.07) is 8.47. The molecule has 39 heavy (non-hydrogen) atoms. The molecule has 0 aliphatic rings. The molecule has 2 aromatic carbocycles. The summed E-state index contributed by atoms with van der Waals surface area (Å²) in [6.45, 7) is 1.90. The summed E-state index contributed by atoms with van der Waals surface area (Å²) < 4.78 is 59.2. The van der Waals surface area contributed by atoms with Crippen LogP contribution >= 0.6 is 11.6 Å². The summed E-state index contributed by atoms with van der Waals surface area (Å²) in [5.41, 5.74) is -3.57. The van der Waals surface area contributed by atoms with Gasteiger partial charge >= 0.3 is 5.69 Å². The Morgan fingerprint density at radius 2 is 1.77 bits per heavy atom. The van der Waals surface area contributed by atoms with E-state index < -0.39 is 44.4 Å². The number of rotatable bonds is 7. The van der Waals surface area contributed by atoms with Gasteiger partial charge in [-0.2, -0.15) is 3.97 Å². The summed E-state index contributed by atoms with van der Waals surface area (Å²) in [5, 5.41) is 9.89. The number of fused-ring (bicyclic) bond motifs is 1. The van der Waals surface area contributed by atoms with Crippen LogP contribution in [0.1, 0.15) is 29.8 Å². The molecule has 0 unspecified atom stereocenters. The lowest BCUT2D eigenvalue weighted by Crippen LogP contribution is -2.42. The molecule has 0 atom stereocenters. The fourth-order valence-corrected chi connectivity index (χ4v) is 4.97. The van der Waals surface area contributed by atoms with Gasteiger partial charge in [0.2, 0.25) is 10.0 Å². The first kappa shape index (κ1) is 28.2. The Balaban J connectivity index is 1.70. The van der Waals surface area contributed by atoms with Gasteiger partial charge in [0.05, 0.1) is 23.8 Å². The molecule has 0 fully saturated rings. The van der Waals surface area contributed by atoms with Gasteiger partial charge in [-0.05, 0) is 49.7 Å². The minimum absolute atomic E-state index is 0.0352. The Morgan fingerprint density at radius 3 is 2.38 bits per heavy atom. The number of pyridine rings is 1. The van der Waals surface area contributed by atoms with Crippen molar-refractivity contribution < 1.29 is 31.8 Å². The molecule has 10 nitrogen and oxygen atoms in total. The maximum absolute atomic E-state index is 13.9.